The van der Waals surface area contributed by atoms with E-state index in [4.69, 9.17) is 5.11 Å². The molecule has 1 N–H and O–H groups in total. The van der Waals surface area contributed by atoms with Crippen LogP contribution in [0, 0.1) is 0 Å². The Labute approximate surface area is 161 Å². The fourth-order valence-electron chi connectivity index (χ4n) is 4.10. The van der Waals surface area contributed by atoms with Crippen molar-refractivity contribution in [1.29, 1.82) is 0 Å². The summed E-state index contributed by atoms with van der Waals surface area (Å²) < 4.78 is 0. The van der Waals surface area contributed by atoms with E-state index < -0.39 is 5.97 Å². The highest BCUT2D eigenvalue weighted by atomic mass is 35.5. The number of piperidine rings is 1. The van der Waals surface area contributed by atoms with Gasteiger partial charge < -0.3 is 10.0 Å². The molecule has 0 aliphatic carbocycles. The van der Waals surface area contributed by atoms with Crippen LogP contribution in [0.2, 0.25) is 0 Å². The van der Waals surface area contributed by atoms with Gasteiger partial charge in [0.1, 0.15) is 0 Å². The Morgan fingerprint density at radius 3 is 2.38 bits per heavy atom. The van der Waals surface area contributed by atoms with Crippen LogP contribution in [0.5, 0.6) is 0 Å². The zero-order valence-electron chi connectivity index (χ0n) is 15.2. The lowest BCUT2D eigenvalue weighted by molar-refractivity contribution is -0.139. The van der Waals surface area contributed by atoms with Crippen LogP contribution in [-0.4, -0.2) is 71.6 Å². The maximum Gasteiger partial charge on any atom is 0.317 e. The molecule has 144 valence electrons. The van der Waals surface area contributed by atoms with Gasteiger partial charge in [-0.1, -0.05) is 25.1 Å². The van der Waals surface area contributed by atoms with E-state index in [2.05, 4.69) is 4.90 Å². The standard InChI is InChI=1S/C19H27N3O3.ClH/c1-2-20(14-18(23)24)15-8-11-21(12-9-15)17-10-13-22(19(17)25)16-6-4-3-5-7-16;/h3-7,15,17H,2,8-14H2,1H3,(H,23,24);1H. The van der Waals surface area contributed by atoms with Crippen molar-refractivity contribution in [3.8, 4) is 0 Å². The summed E-state index contributed by atoms with van der Waals surface area (Å²) in [4.78, 5) is 30.0. The molecule has 1 aromatic carbocycles. The first-order chi connectivity index (χ1) is 12.1. The normalized spacial score (nSPS) is 21.8. The number of carboxylic acid groups (broad SMARTS) is 1. The van der Waals surface area contributed by atoms with Crippen molar-refractivity contribution in [2.75, 3.05) is 37.6 Å². The topological polar surface area (TPSA) is 64.1 Å². The monoisotopic (exact) mass is 381 g/mol. The van der Waals surface area contributed by atoms with E-state index in [1.165, 1.54) is 0 Å². The van der Waals surface area contributed by atoms with Crippen molar-refractivity contribution >= 4 is 30.0 Å². The van der Waals surface area contributed by atoms with E-state index in [9.17, 15) is 9.59 Å². The van der Waals surface area contributed by atoms with Crippen LogP contribution in [0.15, 0.2) is 30.3 Å². The second kappa shape index (κ2) is 9.35. The van der Waals surface area contributed by atoms with Gasteiger partial charge in [-0.3, -0.25) is 19.4 Å². The third-order valence-electron chi connectivity index (χ3n) is 5.45. The Balaban J connectivity index is 0.00000243. The Morgan fingerprint density at radius 2 is 1.81 bits per heavy atom. The van der Waals surface area contributed by atoms with Crippen molar-refractivity contribution in [2.24, 2.45) is 0 Å². The summed E-state index contributed by atoms with van der Waals surface area (Å²) in [5.74, 6) is -0.573. The van der Waals surface area contributed by atoms with Crippen LogP contribution in [0.3, 0.4) is 0 Å². The fraction of sp³-hybridized carbons (Fsp3) is 0.579. The molecule has 0 radical (unpaired) electrons. The van der Waals surface area contributed by atoms with E-state index in [0.717, 1.165) is 51.1 Å². The second-order valence-electron chi connectivity index (χ2n) is 6.85. The lowest BCUT2D eigenvalue weighted by Crippen LogP contribution is -2.51. The molecule has 2 saturated heterocycles. The third-order valence-corrected chi connectivity index (χ3v) is 5.45. The lowest BCUT2D eigenvalue weighted by Gasteiger charge is -2.39. The van der Waals surface area contributed by atoms with Gasteiger partial charge in [-0.2, -0.15) is 0 Å². The maximum absolute atomic E-state index is 12.8. The molecule has 1 unspecified atom stereocenters. The number of nitrogens with zero attached hydrogens (tertiary/aromatic N) is 3. The van der Waals surface area contributed by atoms with Crippen LogP contribution < -0.4 is 4.90 Å². The number of aliphatic carboxylic acids is 1. The summed E-state index contributed by atoms with van der Waals surface area (Å²) >= 11 is 0. The summed E-state index contributed by atoms with van der Waals surface area (Å²) in [6.45, 7) is 5.35. The summed E-state index contributed by atoms with van der Waals surface area (Å²) in [5.41, 5.74) is 0.975. The molecule has 2 aliphatic rings. The highest BCUT2D eigenvalue weighted by molar-refractivity contribution is 5.99. The first kappa shape index (κ1) is 20.7. The van der Waals surface area contributed by atoms with Crippen molar-refractivity contribution in [1.82, 2.24) is 9.80 Å². The van der Waals surface area contributed by atoms with Crippen LogP contribution >= 0.6 is 12.4 Å². The molecule has 1 atom stereocenters. The van der Waals surface area contributed by atoms with E-state index in [1.54, 1.807) is 0 Å². The number of anilines is 1. The number of carbonyl (C=O) groups excluding carboxylic acids is 1. The molecule has 3 rings (SSSR count). The molecule has 2 aliphatic heterocycles. The largest absolute Gasteiger partial charge is 0.480 e. The predicted octanol–water partition coefficient (Wildman–Crippen LogP) is 2.08. The number of amides is 1. The van der Waals surface area contributed by atoms with Gasteiger partial charge in [0, 0.05) is 31.4 Å². The molecule has 2 heterocycles. The van der Waals surface area contributed by atoms with Gasteiger partial charge in [0.05, 0.1) is 12.6 Å². The minimum atomic E-state index is -0.770. The number of benzene rings is 1. The Morgan fingerprint density at radius 1 is 1.15 bits per heavy atom. The molecule has 7 heteroatoms. The van der Waals surface area contributed by atoms with Crippen LogP contribution in [0.25, 0.3) is 0 Å². The number of hydrogen-bond acceptors (Lipinski definition) is 4. The lowest BCUT2D eigenvalue weighted by atomic mass is 10.0. The van der Waals surface area contributed by atoms with Gasteiger partial charge in [0.15, 0.2) is 0 Å². The van der Waals surface area contributed by atoms with Crippen LogP contribution in [0.1, 0.15) is 26.2 Å². The Kier molecular flexibility index (Phi) is 7.43. The molecular weight excluding hydrogens is 354 g/mol. The van der Waals surface area contributed by atoms with Crippen molar-refractivity contribution < 1.29 is 14.7 Å². The molecule has 6 nitrogen and oxygen atoms in total. The van der Waals surface area contributed by atoms with Gasteiger partial charge in [-0.15, -0.1) is 12.4 Å². The van der Waals surface area contributed by atoms with Gasteiger partial charge in [0.2, 0.25) is 5.91 Å². The molecule has 2 fully saturated rings. The molecule has 1 amide bonds. The third kappa shape index (κ3) is 4.55. The fourth-order valence-corrected chi connectivity index (χ4v) is 4.10. The molecule has 0 aromatic heterocycles. The van der Waals surface area contributed by atoms with Crippen LogP contribution in [0.4, 0.5) is 5.69 Å². The zero-order chi connectivity index (χ0) is 17.8. The SMILES string of the molecule is CCN(CC(=O)O)C1CCN(C2CCN(c3ccccc3)C2=O)CC1.Cl. The quantitative estimate of drug-likeness (QED) is 0.817. The van der Waals surface area contributed by atoms with E-state index in [0.29, 0.717) is 6.04 Å². The average Bonchev–Trinajstić information content (AvgIpc) is 3.02. The smallest absolute Gasteiger partial charge is 0.317 e. The van der Waals surface area contributed by atoms with Crippen molar-refractivity contribution in [3.63, 3.8) is 0 Å². The van der Waals surface area contributed by atoms with Gasteiger partial charge in [0.25, 0.3) is 0 Å². The zero-order valence-corrected chi connectivity index (χ0v) is 16.0. The molecule has 0 saturated carbocycles. The second-order valence-corrected chi connectivity index (χ2v) is 6.85. The molecule has 0 bridgehead atoms. The first-order valence-electron chi connectivity index (χ1n) is 9.16. The van der Waals surface area contributed by atoms with Crippen molar-refractivity contribution in [2.45, 2.75) is 38.3 Å². The van der Waals surface area contributed by atoms with Crippen LogP contribution in [-0.2, 0) is 9.59 Å². The summed E-state index contributed by atoms with van der Waals surface area (Å²) in [6.07, 6.45) is 2.72. The van der Waals surface area contributed by atoms with Crippen molar-refractivity contribution in [3.05, 3.63) is 30.3 Å². The minimum absolute atomic E-state index is 0. The molecule has 1 aromatic rings. The highest BCUT2D eigenvalue weighted by Crippen LogP contribution is 2.27. The number of likely N-dealkylation sites (tertiary alicyclic amines) is 1. The summed E-state index contributed by atoms with van der Waals surface area (Å²) in [7, 11) is 0. The van der Waals surface area contributed by atoms with E-state index in [-0.39, 0.29) is 30.9 Å². The summed E-state index contributed by atoms with van der Waals surface area (Å²) in [6, 6.07) is 10.1. The number of para-hydroxylation sites is 1. The number of carboxylic acids is 1. The Hall–Kier alpha value is -1.63. The maximum atomic E-state index is 12.8. The van der Waals surface area contributed by atoms with Gasteiger partial charge in [-0.25, -0.2) is 0 Å². The van der Waals surface area contributed by atoms with E-state index >= 15 is 0 Å². The number of carbonyl (C=O) groups is 2. The molecule has 26 heavy (non-hydrogen) atoms. The molecule has 0 spiro atoms. The predicted molar refractivity (Wildman–Crippen MR) is 104 cm³/mol. The number of likely N-dealkylation sites (N-methyl/N-ethyl adjacent to an activating group) is 1. The Bertz CT molecular complexity index is 605. The minimum Gasteiger partial charge on any atom is -0.480 e. The summed E-state index contributed by atoms with van der Waals surface area (Å²) in [5, 5.41) is 9.04. The van der Waals surface area contributed by atoms with Gasteiger partial charge >= 0.3 is 5.97 Å². The number of rotatable bonds is 6. The number of hydrogen-bond donors (Lipinski definition) is 1. The highest BCUT2D eigenvalue weighted by Gasteiger charge is 2.38. The van der Waals surface area contributed by atoms with E-state index in [1.807, 2.05) is 47.1 Å². The molecular formula is C19H28ClN3O3. The number of halogens is 1. The first-order valence-corrected chi connectivity index (χ1v) is 9.16. The van der Waals surface area contributed by atoms with Gasteiger partial charge in [-0.05, 0) is 37.9 Å². The average molecular weight is 382 g/mol.